The van der Waals surface area contributed by atoms with Gasteiger partial charge in [-0.2, -0.15) is 0 Å². The van der Waals surface area contributed by atoms with E-state index in [1.807, 2.05) is 25.1 Å². The van der Waals surface area contributed by atoms with E-state index in [9.17, 15) is 4.79 Å². The van der Waals surface area contributed by atoms with Crippen LogP contribution in [0.15, 0.2) is 24.3 Å². The van der Waals surface area contributed by atoms with Gasteiger partial charge in [-0.15, -0.1) is 0 Å². The molecule has 2 atom stereocenters. The molecule has 0 aliphatic carbocycles. The Bertz CT molecular complexity index is 799. The molecule has 1 radical (unpaired) electrons. The van der Waals surface area contributed by atoms with Gasteiger partial charge in [0.1, 0.15) is 5.75 Å². The third-order valence-electron chi connectivity index (χ3n) is 4.94. The number of benzene rings is 2. The number of ether oxygens (including phenoxy) is 1. The van der Waals surface area contributed by atoms with Crippen molar-refractivity contribution in [2.45, 2.75) is 61.0 Å². The Morgan fingerprint density at radius 2 is 1.65 bits per heavy atom. The summed E-state index contributed by atoms with van der Waals surface area (Å²) in [5, 5.41) is 1.10. The van der Waals surface area contributed by atoms with Crippen molar-refractivity contribution in [1.29, 1.82) is 0 Å². The minimum absolute atomic E-state index is 0. The molecular formula is C22H29LiO2P. The molecule has 4 heteroatoms. The molecule has 0 saturated carbocycles. The van der Waals surface area contributed by atoms with Gasteiger partial charge < -0.3 is 4.74 Å². The second-order valence-electron chi connectivity index (χ2n) is 6.90. The van der Waals surface area contributed by atoms with Crippen LogP contribution in [0.2, 0.25) is 0 Å². The maximum atomic E-state index is 13.0. The van der Waals surface area contributed by atoms with Crippen LogP contribution >= 0.6 is 8.58 Å². The van der Waals surface area contributed by atoms with Gasteiger partial charge >= 0.3 is 0 Å². The van der Waals surface area contributed by atoms with E-state index in [0.717, 1.165) is 39.7 Å². The fraction of sp³-hybridized carbons (Fsp3) is 0.409. The van der Waals surface area contributed by atoms with Gasteiger partial charge in [-0.1, -0.05) is 19.1 Å². The van der Waals surface area contributed by atoms with Gasteiger partial charge in [-0.25, -0.2) is 0 Å². The summed E-state index contributed by atoms with van der Waals surface area (Å²) in [6.45, 7) is 14.5. The summed E-state index contributed by atoms with van der Waals surface area (Å²) in [6.07, 6.45) is 1.18. The van der Waals surface area contributed by atoms with Crippen LogP contribution in [0.3, 0.4) is 0 Å². The van der Waals surface area contributed by atoms with Gasteiger partial charge in [0.15, 0.2) is 5.52 Å². The molecule has 0 N–H and O–H groups in total. The molecule has 26 heavy (non-hydrogen) atoms. The molecule has 2 unspecified atom stereocenters. The topological polar surface area (TPSA) is 26.3 Å². The summed E-state index contributed by atoms with van der Waals surface area (Å²) in [7, 11) is 0.139. The van der Waals surface area contributed by atoms with Gasteiger partial charge in [-0.3, -0.25) is 4.79 Å². The second-order valence-corrected chi connectivity index (χ2v) is 8.15. The Labute approximate surface area is 172 Å². The van der Waals surface area contributed by atoms with Crippen molar-refractivity contribution in [2.24, 2.45) is 0 Å². The van der Waals surface area contributed by atoms with Crippen LogP contribution in [0.1, 0.15) is 58.4 Å². The van der Waals surface area contributed by atoms with Crippen molar-refractivity contribution in [3.63, 3.8) is 0 Å². The first kappa shape index (κ1) is 23.0. The van der Waals surface area contributed by atoms with E-state index in [0.29, 0.717) is 0 Å². The number of carbonyl (C=O) groups is 1. The van der Waals surface area contributed by atoms with Crippen LogP contribution in [-0.4, -0.2) is 30.5 Å². The van der Waals surface area contributed by atoms with Crippen molar-refractivity contribution in [3.8, 4) is 5.75 Å². The van der Waals surface area contributed by atoms with Crippen LogP contribution in [0, 0.1) is 34.6 Å². The van der Waals surface area contributed by atoms with E-state index >= 15 is 0 Å². The zero-order chi connectivity index (χ0) is 18.7. The molecule has 0 heterocycles. The van der Waals surface area contributed by atoms with Gasteiger partial charge in [0.05, 0.1) is 6.10 Å². The maximum Gasteiger partial charge on any atom is 0.186 e. The molecule has 0 aliphatic heterocycles. The van der Waals surface area contributed by atoms with E-state index in [4.69, 9.17) is 4.74 Å². The van der Waals surface area contributed by atoms with Crippen molar-refractivity contribution >= 4 is 38.3 Å². The summed E-state index contributed by atoms with van der Waals surface area (Å²) in [4.78, 5) is 13.0. The second kappa shape index (κ2) is 9.75. The summed E-state index contributed by atoms with van der Waals surface area (Å²) in [6, 6.07) is 8.18. The summed E-state index contributed by atoms with van der Waals surface area (Å²) in [5.41, 5.74) is 6.88. The van der Waals surface area contributed by atoms with Crippen molar-refractivity contribution in [1.82, 2.24) is 0 Å². The maximum absolute atomic E-state index is 13.0. The normalized spacial score (nSPS) is 12.1. The molecule has 0 aromatic heterocycles. The van der Waals surface area contributed by atoms with E-state index in [2.05, 4.69) is 47.6 Å². The molecule has 2 rings (SSSR count). The molecule has 0 bridgehead atoms. The molecule has 2 aromatic carbocycles. The Balaban J connectivity index is 0.00000338. The Kier molecular flexibility index (Phi) is 8.62. The monoisotopic (exact) mass is 363 g/mol. The van der Waals surface area contributed by atoms with E-state index in [1.165, 1.54) is 11.1 Å². The van der Waals surface area contributed by atoms with Crippen LogP contribution < -0.4 is 10.0 Å². The molecule has 0 fully saturated rings. The van der Waals surface area contributed by atoms with Crippen LogP contribution in [0.5, 0.6) is 5.75 Å². The van der Waals surface area contributed by atoms with Crippen molar-refractivity contribution in [3.05, 3.63) is 57.6 Å². The number of carbonyl (C=O) groups excluding carboxylic acids is 1. The molecule has 0 aliphatic rings. The van der Waals surface area contributed by atoms with E-state index < -0.39 is 0 Å². The molecular weight excluding hydrogens is 334 g/mol. The van der Waals surface area contributed by atoms with Crippen LogP contribution in [0.4, 0.5) is 0 Å². The van der Waals surface area contributed by atoms with Crippen molar-refractivity contribution in [2.75, 3.05) is 0 Å². The Morgan fingerprint density at radius 3 is 2.23 bits per heavy atom. The first-order chi connectivity index (χ1) is 11.7. The van der Waals surface area contributed by atoms with Gasteiger partial charge in [0.25, 0.3) is 0 Å². The largest absolute Gasteiger partial charge is 0.491 e. The molecule has 2 aromatic rings. The number of aryl methyl sites for hydroxylation is 3. The SMILES string of the molecule is CCC(C)Oc1ccc(PC(=O)c2c(C)cc(C)c(C)c2C)c(C)c1.[Li]. The zero-order valence-corrected chi connectivity index (χ0v) is 18.4. The van der Waals surface area contributed by atoms with Gasteiger partial charge in [-0.05, 0) is 102 Å². The Morgan fingerprint density at radius 1 is 1.00 bits per heavy atom. The van der Waals surface area contributed by atoms with Crippen LogP contribution in [0.25, 0.3) is 0 Å². The first-order valence-electron chi connectivity index (χ1n) is 8.90. The van der Waals surface area contributed by atoms with E-state index in [1.54, 1.807) is 0 Å². The summed E-state index contributed by atoms with van der Waals surface area (Å²) in [5.74, 6) is 0.881. The third kappa shape index (κ3) is 5.23. The molecule has 135 valence electrons. The number of hydrogen-bond acceptors (Lipinski definition) is 2. The molecule has 0 saturated heterocycles. The average molecular weight is 363 g/mol. The van der Waals surface area contributed by atoms with Gasteiger partial charge in [0, 0.05) is 24.4 Å². The fourth-order valence-corrected chi connectivity index (χ4v) is 4.17. The Hall–Kier alpha value is -1.06. The predicted molar refractivity (Wildman–Crippen MR) is 115 cm³/mol. The zero-order valence-electron chi connectivity index (χ0n) is 17.4. The minimum atomic E-state index is 0. The molecule has 0 spiro atoms. The predicted octanol–water partition coefficient (Wildman–Crippen LogP) is 5.17. The smallest absolute Gasteiger partial charge is 0.186 e. The molecule has 0 amide bonds. The molecule has 2 nitrogen and oxygen atoms in total. The quantitative estimate of drug-likeness (QED) is 0.523. The van der Waals surface area contributed by atoms with Crippen molar-refractivity contribution < 1.29 is 9.53 Å². The third-order valence-corrected chi connectivity index (χ3v) is 6.25. The van der Waals surface area contributed by atoms with E-state index in [-0.39, 0.29) is 39.1 Å². The average Bonchev–Trinajstić information content (AvgIpc) is 2.55. The fourth-order valence-electron chi connectivity index (χ4n) is 2.98. The number of hydrogen-bond donors (Lipinski definition) is 0. The summed E-state index contributed by atoms with van der Waals surface area (Å²) >= 11 is 0. The van der Waals surface area contributed by atoms with Gasteiger partial charge in [0.2, 0.25) is 0 Å². The standard InChI is InChI=1S/C22H29O2P.Li/c1-8-16(5)24-19-9-10-20(14(3)12-19)25-22(23)21-15(4)11-13(2)17(6)18(21)7;/h9-12,16,25H,8H2,1-7H3;. The summed E-state index contributed by atoms with van der Waals surface area (Å²) < 4.78 is 5.87. The number of rotatable bonds is 6. The first-order valence-corrected chi connectivity index (χ1v) is 9.90. The van der Waals surface area contributed by atoms with Crippen LogP contribution in [-0.2, 0) is 0 Å². The minimum Gasteiger partial charge on any atom is -0.491 e.